The van der Waals surface area contributed by atoms with Gasteiger partial charge < -0.3 is 18.9 Å². The lowest BCUT2D eigenvalue weighted by Gasteiger charge is -2.17. The maximum Gasteiger partial charge on any atom is 0.307 e. The molecule has 3 aromatic carbocycles. The largest absolute Gasteiger partial charge is 0.493 e. The molecule has 5 heteroatoms. The summed E-state index contributed by atoms with van der Waals surface area (Å²) < 4.78 is 22.3. The number of aryl methyl sites for hydroxylation is 1. The minimum Gasteiger partial charge on any atom is -0.493 e. The summed E-state index contributed by atoms with van der Waals surface area (Å²) in [5.41, 5.74) is 5.57. The smallest absolute Gasteiger partial charge is 0.307 e. The SMILES string of the molecule is CC#C[C@H](CC(=O)OC)c1ccc(OC2CCc3cc(-c4cccc(OC)c4OC)ccc32)cc1. The molecular formula is C30H30O5. The summed E-state index contributed by atoms with van der Waals surface area (Å²) in [7, 11) is 4.71. The summed E-state index contributed by atoms with van der Waals surface area (Å²) in [6, 6.07) is 20.3. The van der Waals surface area contributed by atoms with E-state index in [4.69, 9.17) is 18.9 Å². The number of esters is 1. The third-order valence-electron chi connectivity index (χ3n) is 6.36. The molecule has 1 aliphatic rings. The van der Waals surface area contributed by atoms with Gasteiger partial charge in [-0.15, -0.1) is 5.92 Å². The first-order valence-corrected chi connectivity index (χ1v) is 11.7. The average Bonchev–Trinajstić information content (AvgIpc) is 3.29. The van der Waals surface area contributed by atoms with E-state index >= 15 is 0 Å². The molecule has 0 saturated heterocycles. The van der Waals surface area contributed by atoms with Crippen molar-refractivity contribution in [3.63, 3.8) is 0 Å². The van der Waals surface area contributed by atoms with Crippen LogP contribution in [0.5, 0.6) is 17.2 Å². The molecule has 0 fully saturated rings. The highest BCUT2D eigenvalue weighted by Crippen LogP contribution is 2.41. The van der Waals surface area contributed by atoms with Gasteiger partial charge in [0, 0.05) is 5.56 Å². The standard InChI is InChI=1S/C30H30O5/c1-5-7-21(19-29(31)33-3)20-10-14-24(15-11-20)35-27-17-13-22-18-23(12-16-25(22)27)26-8-6-9-28(32-2)30(26)34-4/h6,8-12,14-16,18,21,27H,13,17,19H2,1-4H3/t21-,27?/m1/s1. The summed E-state index contributed by atoms with van der Waals surface area (Å²) in [5, 5.41) is 0. The molecule has 0 aromatic heterocycles. The zero-order valence-corrected chi connectivity index (χ0v) is 20.6. The monoisotopic (exact) mass is 470 g/mol. The Labute approximate surface area is 207 Å². The van der Waals surface area contributed by atoms with Crippen molar-refractivity contribution in [3.05, 3.63) is 77.4 Å². The first-order chi connectivity index (χ1) is 17.1. The third-order valence-corrected chi connectivity index (χ3v) is 6.36. The fourth-order valence-electron chi connectivity index (χ4n) is 4.60. The molecule has 1 unspecified atom stereocenters. The van der Waals surface area contributed by atoms with Gasteiger partial charge in [-0.2, -0.15) is 0 Å². The normalized spacial score (nSPS) is 14.8. The molecule has 0 N–H and O–H groups in total. The van der Waals surface area contributed by atoms with Crippen LogP contribution in [-0.2, 0) is 16.0 Å². The number of carbonyl (C=O) groups excluding carboxylic acids is 1. The van der Waals surface area contributed by atoms with Crippen LogP contribution in [0.2, 0.25) is 0 Å². The minimum atomic E-state index is -0.272. The Morgan fingerprint density at radius 2 is 1.83 bits per heavy atom. The van der Waals surface area contributed by atoms with E-state index in [9.17, 15) is 4.79 Å². The molecule has 180 valence electrons. The highest BCUT2D eigenvalue weighted by Gasteiger charge is 2.25. The Balaban J connectivity index is 1.51. The summed E-state index contributed by atoms with van der Waals surface area (Å²) >= 11 is 0. The Kier molecular flexibility index (Phi) is 7.62. The second-order valence-corrected chi connectivity index (χ2v) is 8.40. The molecule has 35 heavy (non-hydrogen) atoms. The molecule has 0 bridgehead atoms. The number of rotatable bonds is 8. The molecule has 2 atom stereocenters. The van der Waals surface area contributed by atoms with Crippen molar-refractivity contribution in [1.82, 2.24) is 0 Å². The van der Waals surface area contributed by atoms with Crippen molar-refractivity contribution in [2.75, 3.05) is 21.3 Å². The number of carbonyl (C=O) groups is 1. The third kappa shape index (κ3) is 5.27. The van der Waals surface area contributed by atoms with Crippen LogP contribution in [0, 0.1) is 11.8 Å². The molecule has 0 radical (unpaired) electrons. The van der Waals surface area contributed by atoms with Crippen molar-refractivity contribution in [2.24, 2.45) is 0 Å². The molecule has 4 rings (SSSR count). The van der Waals surface area contributed by atoms with Crippen molar-refractivity contribution < 1.29 is 23.7 Å². The number of fused-ring (bicyclic) bond motifs is 1. The van der Waals surface area contributed by atoms with Gasteiger partial charge in [0.25, 0.3) is 0 Å². The maximum absolute atomic E-state index is 11.7. The summed E-state index contributed by atoms with van der Waals surface area (Å²) in [5.74, 6) is 7.79. The number of para-hydroxylation sites is 1. The number of hydrogen-bond donors (Lipinski definition) is 0. The Morgan fingerprint density at radius 1 is 1.03 bits per heavy atom. The van der Waals surface area contributed by atoms with E-state index in [1.807, 2.05) is 42.5 Å². The second-order valence-electron chi connectivity index (χ2n) is 8.40. The molecule has 5 nitrogen and oxygen atoms in total. The van der Waals surface area contributed by atoms with Gasteiger partial charge in [-0.25, -0.2) is 0 Å². The molecule has 1 aliphatic carbocycles. The highest BCUT2D eigenvalue weighted by molar-refractivity contribution is 5.75. The van der Waals surface area contributed by atoms with E-state index in [1.165, 1.54) is 18.2 Å². The summed E-state index contributed by atoms with van der Waals surface area (Å²) in [6.07, 6.45) is 2.10. The van der Waals surface area contributed by atoms with Crippen LogP contribution in [-0.4, -0.2) is 27.3 Å². The molecule has 3 aromatic rings. The quantitative estimate of drug-likeness (QED) is 0.294. The fourth-order valence-corrected chi connectivity index (χ4v) is 4.60. The molecule has 0 saturated carbocycles. The molecular weight excluding hydrogens is 440 g/mol. The van der Waals surface area contributed by atoms with Crippen molar-refractivity contribution in [2.45, 2.75) is 38.2 Å². The second kappa shape index (κ2) is 11.0. The summed E-state index contributed by atoms with van der Waals surface area (Å²) in [4.78, 5) is 11.7. The van der Waals surface area contributed by atoms with Crippen molar-refractivity contribution in [1.29, 1.82) is 0 Å². The Bertz CT molecular complexity index is 1250. The van der Waals surface area contributed by atoms with Gasteiger partial charge in [0.1, 0.15) is 11.9 Å². The number of ether oxygens (including phenoxy) is 4. The predicted molar refractivity (Wildman–Crippen MR) is 136 cm³/mol. The molecule has 0 amide bonds. The van der Waals surface area contributed by atoms with Crippen molar-refractivity contribution in [3.8, 4) is 40.2 Å². The lowest BCUT2D eigenvalue weighted by Crippen LogP contribution is -2.08. The van der Waals surface area contributed by atoms with E-state index < -0.39 is 0 Å². The van der Waals surface area contributed by atoms with Gasteiger partial charge >= 0.3 is 5.97 Å². The van der Waals surface area contributed by atoms with Crippen LogP contribution in [0.3, 0.4) is 0 Å². The average molecular weight is 471 g/mol. The van der Waals surface area contributed by atoms with Crippen LogP contribution in [0.25, 0.3) is 11.1 Å². The first kappa shape index (κ1) is 24.2. The van der Waals surface area contributed by atoms with E-state index in [-0.39, 0.29) is 24.4 Å². The van der Waals surface area contributed by atoms with Crippen LogP contribution < -0.4 is 14.2 Å². The van der Waals surface area contributed by atoms with Crippen LogP contribution in [0.4, 0.5) is 0 Å². The lowest BCUT2D eigenvalue weighted by molar-refractivity contribution is -0.140. The zero-order valence-electron chi connectivity index (χ0n) is 20.6. The topological polar surface area (TPSA) is 54.0 Å². The van der Waals surface area contributed by atoms with Crippen LogP contribution in [0.1, 0.15) is 48.5 Å². The van der Waals surface area contributed by atoms with Crippen LogP contribution >= 0.6 is 0 Å². The van der Waals surface area contributed by atoms with E-state index in [2.05, 4.69) is 30.0 Å². The van der Waals surface area contributed by atoms with E-state index in [0.717, 1.165) is 41.0 Å². The molecule has 0 spiro atoms. The number of hydrogen-bond acceptors (Lipinski definition) is 5. The fraction of sp³-hybridized carbons (Fsp3) is 0.300. The van der Waals surface area contributed by atoms with Gasteiger partial charge in [-0.3, -0.25) is 4.79 Å². The van der Waals surface area contributed by atoms with Gasteiger partial charge in [0.2, 0.25) is 0 Å². The molecule has 0 aliphatic heterocycles. The lowest BCUT2D eigenvalue weighted by atomic mass is 9.96. The summed E-state index contributed by atoms with van der Waals surface area (Å²) in [6.45, 7) is 1.77. The van der Waals surface area contributed by atoms with Gasteiger partial charge in [0.15, 0.2) is 11.5 Å². The van der Waals surface area contributed by atoms with Gasteiger partial charge in [-0.05, 0) is 60.2 Å². The Morgan fingerprint density at radius 3 is 2.51 bits per heavy atom. The van der Waals surface area contributed by atoms with E-state index in [1.54, 1.807) is 21.1 Å². The molecule has 0 heterocycles. The van der Waals surface area contributed by atoms with Crippen molar-refractivity contribution >= 4 is 5.97 Å². The number of methoxy groups -OCH3 is 3. The van der Waals surface area contributed by atoms with Gasteiger partial charge in [0.05, 0.1) is 33.7 Å². The highest BCUT2D eigenvalue weighted by atomic mass is 16.5. The zero-order chi connectivity index (χ0) is 24.8. The first-order valence-electron chi connectivity index (χ1n) is 11.7. The van der Waals surface area contributed by atoms with E-state index in [0.29, 0.717) is 5.75 Å². The predicted octanol–water partition coefficient (Wildman–Crippen LogP) is 6.11. The Hall–Kier alpha value is -3.91. The van der Waals surface area contributed by atoms with Gasteiger partial charge in [-0.1, -0.05) is 48.4 Å². The maximum atomic E-state index is 11.7. The number of benzene rings is 3. The van der Waals surface area contributed by atoms with Crippen LogP contribution in [0.15, 0.2) is 60.7 Å². The minimum absolute atomic E-state index is 0.00148.